The van der Waals surface area contributed by atoms with E-state index in [1.165, 1.54) is 43.5 Å². The largest absolute Gasteiger partial charge is 0.381 e. The number of hydrogen-bond donors (Lipinski definition) is 1. The van der Waals surface area contributed by atoms with E-state index < -0.39 is 0 Å². The molecule has 0 radical (unpaired) electrons. The standard InChI is InChI=1S/C16H19N3/c1-4-15-13(3-2-8-17-15)16(5-1)18-14-7-10-19-9-6-12(14)11-19/h1-5,8,12,14,18H,6-7,9-11H2. The first-order valence-corrected chi connectivity index (χ1v) is 7.23. The molecule has 3 atom stereocenters. The topological polar surface area (TPSA) is 28.2 Å². The van der Waals surface area contributed by atoms with Crippen LogP contribution >= 0.6 is 0 Å². The van der Waals surface area contributed by atoms with Crippen LogP contribution in [0.2, 0.25) is 0 Å². The van der Waals surface area contributed by atoms with E-state index in [4.69, 9.17) is 0 Å². The minimum absolute atomic E-state index is 0.629. The third-order valence-electron chi connectivity index (χ3n) is 4.62. The van der Waals surface area contributed by atoms with Gasteiger partial charge in [0.05, 0.1) is 5.52 Å². The molecular weight excluding hydrogens is 234 g/mol. The van der Waals surface area contributed by atoms with E-state index in [0.29, 0.717) is 6.04 Å². The Balaban J connectivity index is 1.64. The molecule has 0 spiro atoms. The molecule has 0 amide bonds. The van der Waals surface area contributed by atoms with Gasteiger partial charge in [-0.15, -0.1) is 0 Å². The molecule has 0 aliphatic carbocycles. The summed E-state index contributed by atoms with van der Waals surface area (Å²) in [5.74, 6) is 0.820. The van der Waals surface area contributed by atoms with Gasteiger partial charge in [0.15, 0.2) is 0 Å². The normalized spacial score (nSPS) is 29.6. The molecule has 1 aromatic heterocycles. The lowest BCUT2D eigenvalue weighted by molar-refractivity contribution is 0.255. The lowest BCUT2D eigenvalue weighted by atomic mass is 9.93. The third-order valence-corrected chi connectivity index (χ3v) is 4.62. The van der Waals surface area contributed by atoms with Gasteiger partial charge in [0.25, 0.3) is 0 Å². The molecule has 19 heavy (non-hydrogen) atoms. The van der Waals surface area contributed by atoms with Crippen LogP contribution in [0.5, 0.6) is 0 Å². The number of fused-ring (bicyclic) bond motifs is 3. The van der Waals surface area contributed by atoms with Crippen molar-refractivity contribution < 1.29 is 0 Å². The second kappa shape index (κ2) is 4.49. The lowest BCUT2D eigenvalue weighted by Crippen LogP contribution is -2.39. The van der Waals surface area contributed by atoms with Crippen molar-refractivity contribution in [3.8, 4) is 0 Å². The molecule has 2 aliphatic heterocycles. The predicted octanol–water partition coefficient (Wildman–Crippen LogP) is 2.74. The van der Waals surface area contributed by atoms with Crippen LogP contribution in [0.15, 0.2) is 36.5 Å². The average molecular weight is 253 g/mol. The minimum atomic E-state index is 0.629. The monoisotopic (exact) mass is 253 g/mol. The summed E-state index contributed by atoms with van der Waals surface area (Å²) in [4.78, 5) is 7.02. The highest BCUT2D eigenvalue weighted by atomic mass is 15.2. The molecule has 2 bridgehead atoms. The number of pyridine rings is 1. The van der Waals surface area contributed by atoms with E-state index in [9.17, 15) is 0 Å². The molecule has 4 rings (SSSR count). The Morgan fingerprint density at radius 1 is 1.11 bits per heavy atom. The van der Waals surface area contributed by atoms with E-state index in [0.717, 1.165) is 11.4 Å². The number of rotatable bonds is 2. The van der Waals surface area contributed by atoms with Gasteiger partial charge in [-0.25, -0.2) is 0 Å². The molecule has 1 aromatic carbocycles. The summed E-state index contributed by atoms with van der Waals surface area (Å²) in [6, 6.07) is 11.2. The first kappa shape index (κ1) is 11.2. The number of benzene rings is 1. The zero-order valence-corrected chi connectivity index (χ0v) is 11.0. The van der Waals surface area contributed by atoms with Gasteiger partial charge >= 0.3 is 0 Å². The summed E-state index contributed by atoms with van der Waals surface area (Å²) in [5, 5.41) is 5.03. The lowest BCUT2D eigenvalue weighted by Gasteiger charge is -2.32. The van der Waals surface area contributed by atoms with E-state index in [2.05, 4.69) is 39.5 Å². The number of piperidine rings is 1. The molecule has 2 saturated heterocycles. The molecule has 3 heterocycles. The van der Waals surface area contributed by atoms with Gasteiger partial charge in [0.2, 0.25) is 0 Å². The van der Waals surface area contributed by atoms with Gasteiger partial charge in [0.1, 0.15) is 0 Å². The van der Waals surface area contributed by atoms with Crippen molar-refractivity contribution in [1.82, 2.24) is 9.88 Å². The summed E-state index contributed by atoms with van der Waals surface area (Å²) in [7, 11) is 0. The van der Waals surface area contributed by atoms with Crippen molar-refractivity contribution in [2.45, 2.75) is 18.9 Å². The number of anilines is 1. The van der Waals surface area contributed by atoms with Gasteiger partial charge in [-0.05, 0) is 49.6 Å². The van der Waals surface area contributed by atoms with E-state index in [1.807, 2.05) is 12.3 Å². The van der Waals surface area contributed by atoms with Crippen LogP contribution < -0.4 is 5.32 Å². The maximum absolute atomic E-state index is 4.43. The Hall–Kier alpha value is -1.61. The summed E-state index contributed by atoms with van der Waals surface area (Å²) >= 11 is 0. The summed E-state index contributed by atoms with van der Waals surface area (Å²) < 4.78 is 0. The quantitative estimate of drug-likeness (QED) is 0.892. The average Bonchev–Trinajstić information content (AvgIpc) is 2.85. The van der Waals surface area contributed by atoms with Crippen LogP contribution in [0.25, 0.3) is 10.9 Å². The Morgan fingerprint density at radius 3 is 3.05 bits per heavy atom. The molecule has 1 N–H and O–H groups in total. The highest BCUT2D eigenvalue weighted by Gasteiger charge is 2.34. The highest BCUT2D eigenvalue weighted by Crippen LogP contribution is 2.31. The third kappa shape index (κ3) is 1.98. The molecule has 3 heteroatoms. The maximum atomic E-state index is 4.43. The first-order chi connectivity index (χ1) is 9.40. The van der Waals surface area contributed by atoms with Crippen molar-refractivity contribution >= 4 is 16.6 Å². The van der Waals surface area contributed by atoms with Crippen LogP contribution in [0.4, 0.5) is 5.69 Å². The SMILES string of the molecule is c1cc(NC2CCN3CCC2C3)c2cccnc2c1. The molecule has 2 aliphatic rings. The van der Waals surface area contributed by atoms with Crippen molar-refractivity contribution in [3.05, 3.63) is 36.5 Å². The number of aromatic nitrogens is 1. The van der Waals surface area contributed by atoms with Crippen LogP contribution in [0, 0.1) is 5.92 Å². The Bertz CT molecular complexity index is 590. The molecular formula is C16H19N3. The van der Waals surface area contributed by atoms with Crippen LogP contribution in [-0.4, -0.2) is 35.6 Å². The van der Waals surface area contributed by atoms with Crippen molar-refractivity contribution in [3.63, 3.8) is 0 Å². The Morgan fingerprint density at radius 2 is 2.05 bits per heavy atom. The zero-order chi connectivity index (χ0) is 12.7. The minimum Gasteiger partial charge on any atom is -0.381 e. The molecule has 2 aromatic rings. The van der Waals surface area contributed by atoms with E-state index in [-0.39, 0.29) is 0 Å². The summed E-state index contributed by atoms with van der Waals surface area (Å²) in [5.41, 5.74) is 2.33. The van der Waals surface area contributed by atoms with Gasteiger partial charge in [-0.1, -0.05) is 6.07 Å². The fourth-order valence-electron chi connectivity index (χ4n) is 3.57. The Labute approximate surface area is 113 Å². The fraction of sp³-hybridized carbons (Fsp3) is 0.438. The Kier molecular flexibility index (Phi) is 2.66. The predicted molar refractivity (Wildman–Crippen MR) is 78.3 cm³/mol. The molecule has 98 valence electrons. The van der Waals surface area contributed by atoms with Gasteiger partial charge in [-0.2, -0.15) is 0 Å². The van der Waals surface area contributed by atoms with Gasteiger partial charge in [-0.3, -0.25) is 4.98 Å². The summed E-state index contributed by atoms with van der Waals surface area (Å²) in [6.45, 7) is 3.82. The first-order valence-electron chi connectivity index (χ1n) is 7.23. The van der Waals surface area contributed by atoms with Crippen molar-refractivity contribution in [2.75, 3.05) is 25.0 Å². The maximum Gasteiger partial charge on any atom is 0.0722 e. The van der Waals surface area contributed by atoms with Crippen molar-refractivity contribution in [2.24, 2.45) is 5.92 Å². The van der Waals surface area contributed by atoms with Gasteiger partial charge in [0, 0.05) is 36.4 Å². The number of hydrogen-bond acceptors (Lipinski definition) is 3. The summed E-state index contributed by atoms with van der Waals surface area (Å²) in [6.07, 6.45) is 4.48. The van der Waals surface area contributed by atoms with E-state index >= 15 is 0 Å². The molecule has 2 fully saturated rings. The number of nitrogens with zero attached hydrogens (tertiary/aromatic N) is 2. The number of nitrogens with one attached hydrogen (secondary N) is 1. The van der Waals surface area contributed by atoms with Crippen LogP contribution in [0.3, 0.4) is 0 Å². The smallest absolute Gasteiger partial charge is 0.0722 e. The van der Waals surface area contributed by atoms with Crippen LogP contribution in [-0.2, 0) is 0 Å². The van der Waals surface area contributed by atoms with Crippen LogP contribution in [0.1, 0.15) is 12.8 Å². The molecule has 3 unspecified atom stereocenters. The van der Waals surface area contributed by atoms with Gasteiger partial charge < -0.3 is 10.2 Å². The fourth-order valence-corrected chi connectivity index (χ4v) is 3.57. The van der Waals surface area contributed by atoms with Crippen molar-refractivity contribution in [1.29, 1.82) is 0 Å². The highest BCUT2D eigenvalue weighted by molar-refractivity contribution is 5.91. The second-order valence-electron chi connectivity index (χ2n) is 5.76. The molecule has 0 saturated carbocycles. The zero-order valence-electron chi connectivity index (χ0n) is 11.0. The second-order valence-corrected chi connectivity index (χ2v) is 5.76. The molecule has 3 nitrogen and oxygen atoms in total. The van der Waals surface area contributed by atoms with E-state index in [1.54, 1.807) is 0 Å².